The number of rotatable bonds is 54. The summed E-state index contributed by atoms with van der Waals surface area (Å²) in [6, 6.07) is 0. The van der Waals surface area contributed by atoms with Gasteiger partial charge >= 0.3 is 25.7 Å². The Morgan fingerprint density at radius 3 is 1.11 bits per heavy atom. The second-order valence-electron chi connectivity index (χ2n) is 19.4. The van der Waals surface area contributed by atoms with E-state index in [4.69, 9.17) is 23.3 Å². The third-order valence-electron chi connectivity index (χ3n) is 11.9. The van der Waals surface area contributed by atoms with Crippen LogP contribution in [0.5, 0.6) is 0 Å². The number of esters is 3. The summed E-state index contributed by atoms with van der Waals surface area (Å²) in [5.41, 5.74) is 0. The Morgan fingerprint density at radius 1 is 0.362 bits per heavy atom. The summed E-state index contributed by atoms with van der Waals surface area (Å²) in [5.74, 6) is -1.66. The molecule has 2 N–H and O–H groups in total. The lowest BCUT2D eigenvalue weighted by atomic mass is 10.1. The summed E-state index contributed by atoms with van der Waals surface area (Å²) in [6.45, 7) is 4.22. The molecule has 0 amide bonds. The minimum Gasteiger partial charge on any atom is -0.462 e. The van der Waals surface area contributed by atoms with Crippen LogP contribution in [0.3, 0.4) is 0 Å². The van der Waals surface area contributed by atoms with E-state index in [9.17, 15) is 28.9 Å². The number of carbonyl (C=O) groups is 3. The summed E-state index contributed by atoms with van der Waals surface area (Å²) < 4.78 is 39.4. The van der Waals surface area contributed by atoms with Crippen molar-refractivity contribution in [2.45, 2.75) is 226 Å². The average Bonchev–Trinajstić information content (AvgIpc) is 3.45. The van der Waals surface area contributed by atoms with E-state index in [0.29, 0.717) is 32.1 Å². The number of aliphatic hydroxyl groups excluding tert-OH is 1. The fraction of sp³-hybridized carbons (Fsp3) is 0.574. The quantitative estimate of drug-likeness (QED) is 0.0197. The maximum absolute atomic E-state index is 12.9. The minimum absolute atomic E-state index is 0.0205. The number of aliphatic hydroxyl groups is 1. The van der Waals surface area contributed by atoms with Gasteiger partial charge in [-0.15, -0.1) is 0 Å². The molecule has 0 heterocycles. The van der Waals surface area contributed by atoms with E-state index in [1.807, 2.05) is 24.3 Å². The Hall–Kier alpha value is -4.90. The molecule has 0 rings (SSSR count). The molecule has 0 bridgehead atoms. The van der Waals surface area contributed by atoms with Gasteiger partial charge in [-0.1, -0.05) is 224 Å². The molecule has 0 aliphatic carbocycles. The van der Waals surface area contributed by atoms with Crippen LogP contribution in [0.4, 0.5) is 0 Å². The molecule has 0 aromatic carbocycles. The summed E-state index contributed by atoms with van der Waals surface area (Å²) in [7, 11) is -4.80. The topological polar surface area (TPSA) is 155 Å². The molecule has 80 heavy (non-hydrogen) atoms. The Balaban J connectivity index is 4.92. The maximum Gasteiger partial charge on any atom is 0.472 e. The number of hydrogen-bond donors (Lipinski definition) is 2. The molecule has 3 atom stereocenters. The molecule has 0 fully saturated rings. The van der Waals surface area contributed by atoms with E-state index in [2.05, 4.69) is 154 Å². The molecule has 0 spiro atoms. The first-order valence-corrected chi connectivity index (χ1v) is 31.9. The average molecular weight is 1130 g/mol. The van der Waals surface area contributed by atoms with Crippen LogP contribution in [-0.4, -0.2) is 66.5 Å². The molecule has 0 aromatic heterocycles. The van der Waals surface area contributed by atoms with Crippen LogP contribution in [0.25, 0.3) is 0 Å². The highest BCUT2D eigenvalue weighted by Crippen LogP contribution is 2.43. The van der Waals surface area contributed by atoms with Crippen molar-refractivity contribution < 1.29 is 52.2 Å². The van der Waals surface area contributed by atoms with E-state index >= 15 is 0 Å². The van der Waals surface area contributed by atoms with E-state index < -0.39 is 64.4 Å². The molecule has 0 aliphatic heterocycles. The first-order chi connectivity index (χ1) is 39.2. The molecule has 0 saturated heterocycles. The third kappa shape index (κ3) is 57.8. The number of allylic oxidation sites excluding steroid dienone is 26. The van der Waals surface area contributed by atoms with Crippen molar-refractivity contribution in [3.63, 3.8) is 0 Å². The Bertz CT molecular complexity index is 1950. The van der Waals surface area contributed by atoms with Crippen LogP contribution < -0.4 is 0 Å². The molecule has 12 heteroatoms. The van der Waals surface area contributed by atoms with Crippen molar-refractivity contribution in [3.8, 4) is 0 Å². The lowest BCUT2D eigenvalue weighted by molar-refractivity contribution is -0.161. The van der Waals surface area contributed by atoms with E-state index in [-0.39, 0.29) is 19.3 Å². The van der Waals surface area contributed by atoms with Crippen LogP contribution in [-0.2, 0) is 42.2 Å². The predicted octanol–water partition coefficient (Wildman–Crippen LogP) is 18.5. The van der Waals surface area contributed by atoms with Gasteiger partial charge in [-0.05, 0) is 128 Å². The highest BCUT2D eigenvalue weighted by Gasteiger charge is 2.28. The van der Waals surface area contributed by atoms with E-state index in [1.165, 1.54) is 38.5 Å². The van der Waals surface area contributed by atoms with Gasteiger partial charge in [-0.2, -0.15) is 0 Å². The molecular formula is C68H107O11P. The Labute approximate surface area is 485 Å². The van der Waals surface area contributed by atoms with Crippen LogP contribution in [0.2, 0.25) is 0 Å². The molecule has 450 valence electrons. The van der Waals surface area contributed by atoms with Crippen molar-refractivity contribution in [2.75, 3.05) is 26.4 Å². The van der Waals surface area contributed by atoms with Crippen molar-refractivity contribution in [2.24, 2.45) is 0 Å². The zero-order valence-electron chi connectivity index (χ0n) is 49.7. The van der Waals surface area contributed by atoms with Crippen LogP contribution >= 0.6 is 7.82 Å². The van der Waals surface area contributed by atoms with Crippen LogP contribution in [0.1, 0.15) is 213 Å². The largest absolute Gasteiger partial charge is 0.472 e. The molecule has 11 nitrogen and oxygen atoms in total. The number of phosphoric acid groups is 1. The zero-order valence-corrected chi connectivity index (χ0v) is 50.6. The lowest BCUT2D eigenvalue weighted by Gasteiger charge is -2.21. The number of carbonyl (C=O) groups excluding carboxylic acids is 3. The van der Waals surface area contributed by atoms with Gasteiger partial charge in [-0.3, -0.25) is 23.4 Å². The van der Waals surface area contributed by atoms with Crippen molar-refractivity contribution >= 4 is 25.7 Å². The second kappa shape index (κ2) is 60.2. The van der Waals surface area contributed by atoms with Crippen molar-refractivity contribution in [1.29, 1.82) is 0 Å². The fourth-order valence-electron chi connectivity index (χ4n) is 7.39. The molecule has 3 unspecified atom stereocenters. The van der Waals surface area contributed by atoms with Crippen molar-refractivity contribution in [1.82, 2.24) is 0 Å². The first kappa shape index (κ1) is 75.1. The van der Waals surface area contributed by atoms with Gasteiger partial charge < -0.3 is 24.2 Å². The number of unbranched alkanes of at least 4 members (excludes halogenated alkanes) is 11. The summed E-state index contributed by atoms with van der Waals surface area (Å²) in [6.07, 6.45) is 79.3. The van der Waals surface area contributed by atoms with E-state index in [0.717, 1.165) is 103 Å². The number of hydrogen-bond acceptors (Lipinski definition) is 10. The third-order valence-corrected chi connectivity index (χ3v) is 12.9. The van der Waals surface area contributed by atoms with Crippen LogP contribution in [0.15, 0.2) is 158 Å². The number of phosphoric ester groups is 1. The van der Waals surface area contributed by atoms with Gasteiger partial charge in [0.1, 0.15) is 12.7 Å². The Morgan fingerprint density at radius 2 is 0.688 bits per heavy atom. The Kier molecular flexibility index (Phi) is 56.5. The normalized spacial score (nSPS) is 14.4. The maximum atomic E-state index is 12.9. The van der Waals surface area contributed by atoms with Gasteiger partial charge in [0.25, 0.3) is 0 Å². The van der Waals surface area contributed by atoms with Crippen molar-refractivity contribution in [3.05, 3.63) is 158 Å². The van der Waals surface area contributed by atoms with Gasteiger partial charge in [0.05, 0.1) is 19.8 Å². The highest BCUT2D eigenvalue weighted by atomic mass is 31.2. The van der Waals surface area contributed by atoms with Gasteiger partial charge in [0.2, 0.25) is 0 Å². The predicted molar refractivity (Wildman–Crippen MR) is 334 cm³/mol. The zero-order chi connectivity index (χ0) is 58.3. The summed E-state index contributed by atoms with van der Waals surface area (Å²) in [5, 5.41) is 9.84. The molecule has 0 aromatic rings. The van der Waals surface area contributed by atoms with E-state index in [1.54, 1.807) is 0 Å². The second-order valence-corrected chi connectivity index (χ2v) is 20.8. The van der Waals surface area contributed by atoms with Gasteiger partial charge in [-0.25, -0.2) is 4.57 Å². The van der Waals surface area contributed by atoms with Gasteiger partial charge in [0, 0.05) is 19.3 Å². The number of ether oxygens (including phenoxy) is 3. The monoisotopic (exact) mass is 1130 g/mol. The lowest BCUT2D eigenvalue weighted by Crippen LogP contribution is -2.30. The molecule has 0 radical (unpaired) electrons. The first-order valence-electron chi connectivity index (χ1n) is 30.4. The van der Waals surface area contributed by atoms with Crippen LogP contribution in [0, 0.1) is 0 Å². The highest BCUT2D eigenvalue weighted by molar-refractivity contribution is 7.47. The summed E-state index contributed by atoms with van der Waals surface area (Å²) >= 11 is 0. The molecular weight excluding hydrogens is 1020 g/mol. The smallest absolute Gasteiger partial charge is 0.462 e. The standard InChI is InChI=1S/C68H107O11P/c1-4-7-10-13-16-19-22-25-28-31-32-35-38-41-44-47-50-53-56-59-68(72)79-65(61-75-66(70)57-54-51-48-45-42-39-36-33-29-26-23-20-17-14-11-8-5-2)63-77-80(73,74)76-62-64(60-69)78-67(71)58-55-52-49-46-43-40-37-34-30-27-24-21-18-15-12-9-6-3/h7-8,10-11,16-21,25-30,32,35-36,39,41,44-45,48,50,53,64-65,69H,4-6,9,12-15,22-24,31,33-34,37-38,40,42-43,46-47,49,51-52,54-63H2,1-3H3,(H,73,74)/b10-7-,11-8-,19-16-,20-17-,21-18-,28-25-,29-26-,30-27-,35-32-,39-36-,44-41-,48-45-,53-50-. The molecule has 0 aliphatic rings. The van der Waals surface area contributed by atoms with Gasteiger partial charge in [0.15, 0.2) is 6.10 Å². The summed E-state index contributed by atoms with van der Waals surface area (Å²) in [4.78, 5) is 48.6. The SMILES string of the molecule is CC/C=C\C/C=C\C/C=C\C/C=C\C/C=C\C/C=C\CCC(=O)OC(COC(=O)CCC/C=C\C/C=C\C/C=C\C/C=C\C/C=C\CC)COP(=O)(O)OCC(CO)OC(=O)CCCCCCCCC/C=C\C/C=C\CCCCC. The molecule has 0 saturated carbocycles. The fourth-order valence-corrected chi connectivity index (χ4v) is 8.17. The minimum atomic E-state index is -4.80.